The third-order valence-corrected chi connectivity index (χ3v) is 1.90. The first-order valence-corrected chi connectivity index (χ1v) is 4.73. The number of aliphatic hydroxyl groups is 1. The molecule has 13 heavy (non-hydrogen) atoms. The van der Waals surface area contributed by atoms with Crippen molar-refractivity contribution in [1.29, 1.82) is 0 Å². The number of pyridine rings is 1. The fourth-order valence-corrected chi connectivity index (χ4v) is 1.14. The summed E-state index contributed by atoms with van der Waals surface area (Å²) in [7, 11) is 0. The quantitative estimate of drug-likeness (QED) is 0.701. The minimum atomic E-state index is -0.416. The number of nitrogens with zero attached hydrogens (tertiary/aromatic N) is 1. The number of anilines is 2. The number of nitrogens with two attached hydrogens (primary N) is 1. The molecule has 0 unspecified atom stereocenters. The summed E-state index contributed by atoms with van der Waals surface area (Å²) < 4.78 is 0.717. The van der Waals surface area contributed by atoms with Crippen molar-refractivity contribution < 1.29 is 5.11 Å². The molecule has 1 aromatic rings. The smallest absolute Gasteiger partial charge is 0.150 e. The van der Waals surface area contributed by atoms with Gasteiger partial charge in [-0.1, -0.05) is 0 Å². The summed E-state index contributed by atoms with van der Waals surface area (Å²) in [5, 5.41) is 12.0. The maximum absolute atomic E-state index is 9.03. The van der Waals surface area contributed by atoms with Crippen LogP contribution in [0.25, 0.3) is 0 Å². The number of halogens is 1. The molecule has 72 valence electrons. The van der Waals surface area contributed by atoms with Gasteiger partial charge in [0, 0.05) is 6.54 Å². The van der Waals surface area contributed by atoms with Gasteiger partial charge in [0.1, 0.15) is 4.60 Å². The van der Waals surface area contributed by atoms with Gasteiger partial charge < -0.3 is 16.2 Å². The molecule has 1 aromatic heterocycles. The second-order valence-corrected chi connectivity index (χ2v) is 3.61. The van der Waals surface area contributed by atoms with E-state index in [0.717, 1.165) is 4.60 Å². The molecule has 0 radical (unpaired) electrons. The predicted octanol–water partition coefficient (Wildman–Crippen LogP) is 1.22. The van der Waals surface area contributed by atoms with Gasteiger partial charge in [0.15, 0.2) is 5.82 Å². The van der Waals surface area contributed by atoms with E-state index in [1.165, 1.54) is 0 Å². The number of aliphatic hydroxyl groups excluding tert-OH is 1. The Hall–Kier alpha value is -0.810. The highest BCUT2D eigenvalue weighted by molar-refractivity contribution is 9.10. The van der Waals surface area contributed by atoms with Crippen molar-refractivity contribution in [3.05, 3.63) is 16.7 Å². The number of aromatic nitrogens is 1. The van der Waals surface area contributed by atoms with Crippen molar-refractivity contribution in [2.45, 2.75) is 13.0 Å². The Kier molecular flexibility index (Phi) is 3.50. The molecule has 4 nitrogen and oxygen atoms in total. The molecule has 0 aliphatic carbocycles. The Balaban J connectivity index is 2.70. The Labute approximate surface area is 85.3 Å². The summed E-state index contributed by atoms with van der Waals surface area (Å²) in [6.45, 7) is 2.13. The number of rotatable bonds is 3. The van der Waals surface area contributed by atoms with Crippen molar-refractivity contribution in [2.24, 2.45) is 0 Å². The van der Waals surface area contributed by atoms with Crippen LogP contribution in [0.5, 0.6) is 0 Å². The van der Waals surface area contributed by atoms with Gasteiger partial charge in [-0.3, -0.25) is 0 Å². The molecule has 0 amide bonds. The highest BCUT2D eigenvalue weighted by Gasteiger charge is 2.02. The maximum atomic E-state index is 9.03. The van der Waals surface area contributed by atoms with Crippen LogP contribution < -0.4 is 11.1 Å². The molecular formula is C8H12BrN3O. The molecule has 0 spiro atoms. The van der Waals surface area contributed by atoms with Crippen molar-refractivity contribution in [3.63, 3.8) is 0 Å². The Morgan fingerprint density at radius 2 is 2.38 bits per heavy atom. The molecular weight excluding hydrogens is 234 g/mol. The molecule has 5 heteroatoms. The van der Waals surface area contributed by atoms with E-state index < -0.39 is 6.10 Å². The standard InChI is InChI=1S/C8H12BrN3O/c1-5(13)4-11-8-6(10)2-3-7(9)12-8/h2-3,5,13H,4,10H2,1H3,(H,11,12)/t5-/m1/s1. The van der Waals surface area contributed by atoms with Crippen molar-refractivity contribution in [2.75, 3.05) is 17.6 Å². The summed E-state index contributed by atoms with van der Waals surface area (Å²) in [5.74, 6) is 0.593. The minimum Gasteiger partial charge on any atom is -0.396 e. The van der Waals surface area contributed by atoms with E-state index in [2.05, 4.69) is 26.2 Å². The number of nitrogen functional groups attached to an aromatic ring is 1. The minimum absolute atomic E-state index is 0.416. The van der Waals surface area contributed by atoms with E-state index in [1.54, 1.807) is 19.1 Å². The van der Waals surface area contributed by atoms with Crippen molar-refractivity contribution in [3.8, 4) is 0 Å². The predicted molar refractivity (Wildman–Crippen MR) is 56.5 cm³/mol. The first-order valence-electron chi connectivity index (χ1n) is 3.93. The lowest BCUT2D eigenvalue weighted by molar-refractivity contribution is 0.208. The zero-order chi connectivity index (χ0) is 9.84. The van der Waals surface area contributed by atoms with E-state index in [4.69, 9.17) is 10.8 Å². The van der Waals surface area contributed by atoms with Gasteiger partial charge in [0.2, 0.25) is 0 Å². The van der Waals surface area contributed by atoms with Gasteiger partial charge in [-0.15, -0.1) is 0 Å². The van der Waals surface area contributed by atoms with Crippen LogP contribution in [0.3, 0.4) is 0 Å². The summed E-state index contributed by atoms with van der Waals surface area (Å²) in [5.41, 5.74) is 6.22. The van der Waals surface area contributed by atoms with Gasteiger partial charge in [-0.05, 0) is 35.0 Å². The van der Waals surface area contributed by atoms with E-state index in [1.807, 2.05) is 0 Å². The molecule has 0 aliphatic heterocycles. The molecule has 0 saturated heterocycles. The van der Waals surface area contributed by atoms with Gasteiger partial charge in [0.05, 0.1) is 11.8 Å². The third-order valence-electron chi connectivity index (χ3n) is 1.46. The molecule has 1 heterocycles. The first-order chi connectivity index (χ1) is 6.09. The molecule has 4 N–H and O–H groups in total. The van der Waals surface area contributed by atoms with E-state index in [-0.39, 0.29) is 0 Å². The second kappa shape index (κ2) is 4.43. The molecule has 0 aliphatic rings. The molecule has 0 bridgehead atoms. The van der Waals surface area contributed by atoms with E-state index in [9.17, 15) is 0 Å². The Morgan fingerprint density at radius 3 is 3.00 bits per heavy atom. The van der Waals surface area contributed by atoms with Crippen LogP contribution in [0, 0.1) is 0 Å². The van der Waals surface area contributed by atoms with Crippen LogP contribution >= 0.6 is 15.9 Å². The summed E-state index contributed by atoms with van der Waals surface area (Å²) in [6, 6.07) is 3.52. The lowest BCUT2D eigenvalue weighted by atomic mass is 10.3. The summed E-state index contributed by atoms with van der Waals surface area (Å²) in [6.07, 6.45) is -0.416. The highest BCUT2D eigenvalue weighted by atomic mass is 79.9. The van der Waals surface area contributed by atoms with Gasteiger partial charge in [-0.25, -0.2) is 4.98 Å². The maximum Gasteiger partial charge on any atom is 0.150 e. The largest absolute Gasteiger partial charge is 0.396 e. The van der Waals surface area contributed by atoms with Crippen LogP contribution in [0.2, 0.25) is 0 Å². The highest BCUT2D eigenvalue weighted by Crippen LogP contribution is 2.18. The Bertz CT molecular complexity index is 291. The fourth-order valence-electron chi connectivity index (χ4n) is 0.832. The zero-order valence-corrected chi connectivity index (χ0v) is 8.87. The summed E-state index contributed by atoms with van der Waals surface area (Å²) >= 11 is 3.23. The normalized spacial score (nSPS) is 12.5. The van der Waals surface area contributed by atoms with Crippen LogP contribution in [-0.4, -0.2) is 22.7 Å². The molecule has 1 atom stereocenters. The first kappa shape index (κ1) is 10.3. The van der Waals surface area contributed by atoms with Crippen LogP contribution in [0.1, 0.15) is 6.92 Å². The zero-order valence-electron chi connectivity index (χ0n) is 7.29. The van der Waals surface area contributed by atoms with E-state index in [0.29, 0.717) is 18.1 Å². The lowest BCUT2D eigenvalue weighted by Crippen LogP contribution is -2.16. The van der Waals surface area contributed by atoms with Crippen LogP contribution in [-0.2, 0) is 0 Å². The molecule has 0 aromatic carbocycles. The van der Waals surface area contributed by atoms with Gasteiger partial charge in [-0.2, -0.15) is 0 Å². The third kappa shape index (κ3) is 3.20. The van der Waals surface area contributed by atoms with Gasteiger partial charge in [0.25, 0.3) is 0 Å². The lowest BCUT2D eigenvalue weighted by Gasteiger charge is -2.09. The van der Waals surface area contributed by atoms with E-state index >= 15 is 0 Å². The van der Waals surface area contributed by atoms with Crippen LogP contribution in [0.15, 0.2) is 16.7 Å². The SMILES string of the molecule is C[C@@H](O)CNc1nc(Br)ccc1N. The number of hydrogen-bond acceptors (Lipinski definition) is 4. The topological polar surface area (TPSA) is 71.2 Å². The number of nitrogens with one attached hydrogen (secondary N) is 1. The Morgan fingerprint density at radius 1 is 1.69 bits per heavy atom. The van der Waals surface area contributed by atoms with Crippen molar-refractivity contribution >= 4 is 27.4 Å². The molecule has 0 saturated carbocycles. The monoisotopic (exact) mass is 245 g/mol. The van der Waals surface area contributed by atoms with Crippen LogP contribution in [0.4, 0.5) is 11.5 Å². The fraction of sp³-hybridized carbons (Fsp3) is 0.375. The number of hydrogen-bond donors (Lipinski definition) is 3. The van der Waals surface area contributed by atoms with Crippen molar-refractivity contribution in [1.82, 2.24) is 4.98 Å². The van der Waals surface area contributed by atoms with Gasteiger partial charge >= 0.3 is 0 Å². The second-order valence-electron chi connectivity index (χ2n) is 2.80. The average molecular weight is 246 g/mol. The molecule has 0 fully saturated rings. The summed E-state index contributed by atoms with van der Waals surface area (Å²) in [4.78, 5) is 4.11. The average Bonchev–Trinajstić information content (AvgIpc) is 2.06. The molecule has 1 rings (SSSR count).